The van der Waals surface area contributed by atoms with Gasteiger partial charge < -0.3 is 10.0 Å². The molecule has 0 radical (unpaired) electrons. The predicted octanol–water partition coefficient (Wildman–Crippen LogP) is 1.31. The van der Waals surface area contributed by atoms with Crippen LogP contribution >= 0.6 is 0 Å². The van der Waals surface area contributed by atoms with Crippen molar-refractivity contribution in [2.75, 3.05) is 13.1 Å². The quantitative estimate of drug-likeness (QED) is 0.865. The summed E-state index contributed by atoms with van der Waals surface area (Å²) in [5.41, 5.74) is 3.31. The normalized spacial score (nSPS) is 20.8. The van der Waals surface area contributed by atoms with Gasteiger partial charge in [-0.1, -0.05) is 6.92 Å². The Kier molecular flexibility index (Phi) is 4.71. The number of hydrogen-bond donors (Lipinski definition) is 2. The van der Waals surface area contributed by atoms with Crippen LogP contribution in [0.3, 0.4) is 0 Å². The summed E-state index contributed by atoms with van der Waals surface area (Å²) >= 11 is 0. The first-order valence-corrected chi connectivity index (χ1v) is 8.50. The zero-order valence-electron chi connectivity index (χ0n) is 14.5. The van der Waals surface area contributed by atoms with E-state index in [-0.39, 0.29) is 11.8 Å². The number of β-amino-alcohol motifs (C(OH)–C–C–N with tert-alkyl or cyclic N) is 1. The average Bonchev–Trinajstić information content (AvgIpc) is 3.20. The SMILES string of the molecule is CCCn1cc(C(=O)N2C[C@@H](Cc3cc(C)[nH]n3)[C@H](O)C2)c(C)n1. The van der Waals surface area contributed by atoms with Gasteiger partial charge in [-0.25, -0.2) is 0 Å². The molecule has 0 spiro atoms. The van der Waals surface area contributed by atoms with Crippen molar-refractivity contribution in [3.8, 4) is 0 Å². The molecule has 3 rings (SSSR count). The van der Waals surface area contributed by atoms with Gasteiger partial charge in [0.2, 0.25) is 0 Å². The standard InChI is InChI=1S/C17H25N5O2/c1-4-5-22-9-15(12(3)20-22)17(24)21-8-13(16(23)10-21)7-14-6-11(2)18-19-14/h6,9,13,16,23H,4-5,7-8,10H2,1-3H3,(H,18,19)/t13-,16-/m1/s1. The Morgan fingerprint density at radius 2 is 2.21 bits per heavy atom. The van der Waals surface area contributed by atoms with Crippen molar-refractivity contribution in [2.45, 2.75) is 46.3 Å². The molecule has 1 aliphatic rings. The van der Waals surface area contributed by atoms with Crippen molar-refractivity contribution in [3.63, 3.8) is 0 Å². The molecule has 2 aromatic rings. The van der Waals surface area contributed by atoms with Crippen LogP contribution in [0, 0.1) is 19.8 Å². The van der Waals surface area contributed by atoms with Gasteiger partial charge >= 0.3 is 0 Å². The van der Waals surface area contributed by atoms with Crippen LogP contribution in [-0.4, -0.2) is 55.1 Å². The zero-order valence-corrected chi connectivity index (χ0v) is 14.5. The highest BCUT2D eigenvalue weighted by atomic mass is 16.3. The largest absolute Gasteiger partial charge is 0.391 e. The highest BCUT2D eigenvalue weighted by Gasteiger charge is 2.35. The Balaban J connectivity index is 1.68. The third-order valence-corrected chi connectivity index (χ3v) is 4.55. The number of hydrogen-bond acceptors (Lipinski definition) is 4. The van der Waals surface area contributed by atoms with E-state index in [9.17, 15) is 9.90 Å². The van der Waals surface area contributed by atoms with E-state index in [1.165, 1.54) is 0 Å². The summed E-state index contributed by atoms with van der Waals surface area (Å²) < 4.78 is 1.82. The summed E-state index contributed by atoms with van der Waals surface area (Å²) in [5.74, 6) is -0.0303. The number of aliphatic hydroxyl groups is 1. The molecule has 3 heterocycles. The van der Waals surface area contributed by atoms with Gasteiger partial charge in [0.25, 0.3) is 5.91 Å². The molecule has 7 heteroatoms. The minimum atomic E-state index is -0.517. The summed E-state index contributed by atoms with van der Waals surface area (Å²) in [6.45, 7) is 7.61. The van der Waals surface area contributed by atoms with Gasteiger partial charge in [-0.15, -0.1) is 0 Å². The number of likely N-dealkylation sites (tertiary alicyclic amines) is 1. The van der Waals surface area contributed by atoms with Gasteiger partial charge in [-0.2, -0.15) is 10.2 Å². The molecular weight excluding hydrogens is 306 g/mol. The molecular formula is C17H25N5O2. The second-order valence-electron chi connectivity index (χ2n) is 6.68. The van der Waals surface area contributed by atoms with Crippen molar-refractivity contribution in [1.29, 1.82) is 0 Å². The maximum absolute atomic E-state index is 12.8. The fourth-order valence-electron chi connectivity index (χ4n) is 3.31. The van der Waals surface area contributed by atoms with Crippen molar-refractivity contribution in [2.24, 2.45) is 5.92 Å². The van der Waals surface area contributed by atoms with Crippen molar-refractivity contribution >= 4 is 5.91 Å². The lowest BCUT2D eigenvalue weighted by Gasteiger charge is -2.15. The Hall–Kier alpha value is -2.15. The predicted molar refractivity (Wildman–Crippen MR) is 89.7 cm³/mol. The molecule has 1 aliphatic heterocycles. The molecule has 0 bridgehead atoms. The molecule has 1 saturated heterocycles. The summed E-state index contributed by atoms with van der Waals surface area (Å²) in [6, 6.07) is 1.98. The maximum Gasteiger partial charge on any atom is 0.257 e. The molecule has 0 unspecified atom stereocenters. The number of aryl methyl sites for hydroxylation is 3. The summed E-state index contributed by atoms with van der Waals surface area (Å²) in [5, 5.41) is 21.9. The Morgan fingerprint density at radius 3 is 2.88 bits per heavy atom. The van der Waals surface area contributed by atoms with Gasteiger partial charge in [0.15, 0.2) is 0 Å². The first kappa shape index (κ1) is 16.7. The third kappa shape index (κ3) is 3.36. The Bertz CT molecular complexity index is 720. The van der Waals surface area contributed by atoms with Crippen LogP contribution in [0.4, 0.5) is 0 Å². The first-order chi connectivity index (χ1) is 11.5. The van der Waals surface area contributed by atoms with Crippen molar-refractivity contribution in [3.05, 3.63) is 34.9 Å². The summed E-state index contributed by atoms with van der Waals surface area (Å²) in [7, 11) is 0. The lowest BCUT2D eigenvalue weighted by Crippen LogP contribution is -2.29. The van der Waals surface area contributed by atoms with Crippen LogP contribution in [0.5, 0.6) is 0 Å². The Morgan fingerprint density at radius 1 is 1.42 bits per heavy atom. The number of H-pyrrole nitrogens is 1. The number of aliphatic hydroxyl groups excluding tert-OH is 1. The topological polar surface area (TPSA) is 87.0 Å². The van der Waals surface area contributed by atoms with Crippen LogP contribution in [0.25, 0.3) is 0 Å². The highest BCUT2D eigenvalue weighted by Crippen LogP contribution is 2.23. The van der Waals surface area contributed by atoms with Crippen LogP contribution < -0.4 is 0 Å². The van der Waals surface area contributed by atoms with E-state index >= 15 is 0 Å². The minimum Gasteiger partial charge on any atom is -0.391 e. The average molecular weight is 331 g/mol. The molecule has 2 aromatic heterocycles. The number of carbonyl (C=O) groups is 1. The number of amides is 1. The van der Waals surface area contributed by atoms with E-state index in [1.807, 2.05) is 30.8 Å². The Labute approximate surface area is 141 Å². The van der Waals surface area contributed by atoms with Crippen LogP contribution in [0.2, 0.25) is 0 Å². The molecule has 0 aliphatic carbocycles. The smallest absolute Gasteiger partial charge is 0.257 e. The second kappa shape index (κ2) is 6.76. The molecule has 24 heavy (non-hydrogen) atoms. The molecule has 0 saturated carbocycles. The van der Waals surface area contributed by atoms with Crippen LogP contribution in [0.1, 0.15) is 40.8 Å². The molecule has 2 N–H and O–H groups in total. The molecule has 1 amide bonds. The van der Waals surface area contributed by atoms with Crippen LogP contribution in [0.15, 0.2) is 12.3 Å². The van der Waals surface area contributed by atoms with Gasteiger partial charge in [-0.3, -0.25) is 14.6 Å². The lowest BCUT2D eigenvalue weighted by atomic mass is 10.0. The fraction of sp³-hybridized carbons (Fsp3) is 0.588. The van der Waals surface area contributed by atoms with Crippen molar-refractivity contribution < 1.29 is 9.90 Å². The maximum atomic E-state index is 12.8. The number of aromatic amines is 1. The van der Waals surface area contributed by atoms with Gasteiger partial charge in [-0.05, 0) is 32.8 Å². The van der Waals surface area contributed by atoms with E-state index < -0.39 is 6.10 Å². The monoisotopic (exact) mass is 331 g/mol. The molecule has 2 atom stereocenters. The van der Waals surface area contributed by atoms with E-state index in [0.29, 0.717) is 25.1 Å². The number of nitrogens with zero attached hydrogens (tertiary/aromatic N) is 4. The number of aromatic nitrogens is 4. The van der Waals surface area contributed by atoms with Gasteiger partial charge in [0.05, 0.1) is 23.1 Å². The first-order valence-electron chi connectivity index (χ1n) is 8.50. The van der Waals surface area contributed by atoms with Crippen molar-refractivity contribution in [1.82, 2.24) is 24.9 Å². The minimum absolute atomic E-state index is 0.0163. The van der Waals surface area contributed by atoms with Gasteiger partial charge in [0.1, 0.15) is 0 Å². The molecule has 130 valence electrons. The number of rotatable bonds is 5. The van der Waals surface area contributed by atoms with Gasteiger partial charge in [0, 0.05) is 37.4 Å². The molecule has 7 nitrogen and oxygen atoms in total. The fourth-order valence-corrected chi connectivity index (χ4v) is 3.31. The number of carbonyl (C=O) groups excluding carboxylic acids is 1. The van der Waals surface area contributed by atoms with E-state index in [4.69, 9.17) is 0 Å². The third-order valence-electron chi connectivity index (χ3n) is 4.55. The highest BCUT2D eigenvalue weighted by molar-refractivity contribution is 5.95. The summed E-state index contributed by atoms with van der Waals surface area (Å²) in [6.07, 6.45) is 2.95. The second-order valence-corrected chi connectivity index (χ2v) is 6.68. The van der Waals surface area contributed by atoms with E-state index in [1.54, 1.807) is 4.90 Å². The lowest BCUT2D eigenvalue weighted by molar-refractivity contribution is 0.0764. The molecule has 0 aromatic carbocycles. The van der Waals surface area contributed by atoms with Crippen LogP contribution in [-0.2, 0) is 13.0 Å². The number of nitrogens with one attached hydrogen (secondary N) is 1. The molecule has 1 fully saturated rings. The van der Waals surface area contributed by atoms with E-state index in [0.717, 1.165) is 30.0 Å². The van der Waals surface area contributed by atoms with E-state index in [2.05, 4.69) is 22.2 Å². The zero-order chi connectivity index (χ0) is 17.3. The summed E-state index contributed by atoms with van der Waals surface area (Å²) in [4.78, 5) is 14.5.